The summed E-state index contributed by atoms with van der Waals surface area (Å²) in [6, 6.07) is 1.87. The number of allylic oxidation sites excluding steroid dienone is 1. The normalized spacial score (nSPS) is 19.2. The third-order valence-corrected chi connectivity index (χ3v) is 4.90. The van der Waals surface area contributed by atoms with Crippen LogP contribution in [0, 0.1) is 0 Å². The van der Waals surface area contributed by atoms with Gasteiger partial charge in [0.15, 0.2) is 0 Å². The van der Waals surface area contributed by atoms with E-state index in [1.165, 1.54) is 18.4 Å². The summed E-state index contributed by atoms with van der Waals surface area (Å²) < 4.78 is 5.15. The number of piperazine rings is 1. The van der Waals surface area contributed by atoms with Gasteiger partial charge in [-0.15, -0.1) is 0 Å². The second kappa shape index (κ2) is 8.18. The Morgan fingerprint density at radius 1 is 1.28 bits per heavy atom. The van der Waals surface area contributed by atoms with E-state index in [0.29, 0.717) is 24.9 Å². The Morgan fingerprint density at radius 2 is 2.08 bits per heavy atom. The molecule has 25 heavy (non-hydrogen) atoms. The number of amides is 2. The summed E-state index contributed by atoms with van der Waals surface area (Å²) in [5, 5.41) is 3.14. The van der Waals surface area contributed by atoms with Crippen LogP contribution in [-0.2, 0) is 0 Å². The molecule has 1 unspecified atom stereocenters. The Morgan fingerprint density at radius 3 is 2.76 bits per heavy atom. The van der Waals surface area contributed by atoms with Crippen molar-refractivity contribution in [3.05, 3.63) is 23.9 Å². The highest BCUT2D eigenvalue weighted by molar-refractivity contribution is 5.75. The third kappa shape index (κ3) is 4.41. The fraction of sp³-hybridized carbons (Fsp3) is 0.611. The van der Waals surface area contributed by atoms with E-state index in [1.807, 2.05) is 4.90 Å². The Balaban J connectivity index is 1.51. The van der Waals surface area contributed by atoms with Crippen LogP contribution in [0.1, 0.15) is 32.6 Å². The number of methoxy groups -OCH3 is 1. The number of aromatic nitrogens is 2. The van der Waals surface area contributed by atoms with Gasteiger partial charge in [-0.3, -0.25) is 0 Å². The van der Waals surface area contributed by atoms with E-state index in [-0.39, 0.29) is 12.1 Å². The molecule has 0 aromatic carbocycles. The maximum absolute atomic E-state index is 12.5. The number of hydrogen-bond acceptors (Lipinski definition) is 5. The average molecular weight is 345 g/mol. The summed E-state index contributed by atoms with van der Waals surface area (Å²) in [4.78, 5) is 25.1. The summed E-state index contributed by atoms with van der Waals surface area (Å²) in [5.41, 5.74) is 1.36. The maximum Gasteiger partial charge on any atom is 0.317 e. The monoisotopic (exact) mass is 345 g/mol. The van der Waals surface area contributed by atoms with Crippen molar-refractivity contribution in [2.75, 3.05) is 38.2 Å². The first-order chi connectivity index (χ1) is 12.2. The second-order valence-corrected chi connectivity index (χ2v) is 6.57. The van der Waals surface area contributed by atoms with Crippen LogP contribution in [0.25, 0.3) is 0 Å². The first kappa shape index (κ1) is 17.5. The SMILES string of the molecule is COc1ccnc(N2CCN(C(=O)NC(C)C3=CCCCC3)CC2)n1. The molecule has 0 radical (unpaired) electrons. The van der Waals surface area contributed by atoms with Crippen molar-refractivity contribution in [2.45, 2.75) is 38.6 Å². The maximum atomic E-state index is 12.5. The lowest BCUT2D eigenvalue weighted by Gasteiger charge is -2.35. The highest BCUT2D eigenvalue weighted by Crippen LogP contribution is 2.20. The van der Waals surface area contributed by atoms with Gasteiger partial charge < -0.3 is 19.9 Å². The zero-order valence-corrected chi connectivity index (χ0v) is 15.1. The van der Waals surface area contributed by atoms with Gasteiger partial charge in [0.05, 0.1) is 7.11 Å². The molecular weight excluding hydrogens is 318 g/mol. The first-order valence-corrected chi connectivity index (χ1v) is 9.03. The van der Waals surface area contributed by atoms with E-state index >= 15 is 0 Å². The van der Waals surface area contributed by atoms with Crippen molar-refractivity contribution in [3.8, 4) is 5.88 Å². The molecule has 7 nitrogen and oxygen atoms in total. The van der Waals surface area contributed by atoms with Crippen molar-refractivity contribution >= 4 is 12.0 Å². The third-order valence-electron chi connectivity index (χ3n) is 4.90. The van der Waals surface area contributed by atoms with Crippen molar-refractivity contribution in [3.63, 3.8) is 0 Å². The van der Waals surface area contributed by atoms with Crippen molar-refractivity contribution in [1.82, 2.24) is 20.2 Å². The molecule has 0 saturated carbocycles. The number of nitrogens with zero attached hydrogens (tertiary/aromatic N) is 4. The van der Waals surface area contributed by atoms with Gasteiger partial charge in [0.25, 0.3) is 0 Å². The molecule has 0 bridgehead atoms. The zero-order valence-electron chi connectivity index (χ0n) is 15.1. The first-order valence-electron chi connectivity index (χ1n) is 9.03. The van der Waals surface area contributed by atoms with Crippen molar-refractivity contribution in [2.24, 2.45) is 0 Å². The molecule has 1 N–H and O–H groups in total. The van der Waals surface area contributed by atoms with Crippen LogP contribution >= 0.6 is 0 Å². The largest absolute Gasteiger partial charge is 0.481 e. The molecule has 3 rings (SSSR count). The number of hydrogen-bond donors (Lipinski definition) is 1. The van der Waals surface area contributed by atoms with Crippen LogP contribution in [0.4, 0.5) is 10.7 Å². The van der Waals surface area contributed by atoms with Crippen LogP contribution in [-0.4, -0.2) is 60.2 Å². The number of carbonyl (C=O) groups is 1. The van der Waals surface area contributed by atoms with Gasteiger partial charge in [-0.1, -0.05) is 11.6 Å². The molecule has 2 aliphatic rings. The molecule has 1 aliphatic heterocycles. The number of nitrogens with one attached hydrogen (secondary N) is 1. The van der Waals surface area contributed by atoms with Crippen LogP contribution < -0.4 is 15.0 Å². The minimum Gasteiger partial charge on any atom is -0.481 e. The van der Waals surface area contributed by atoms with E-state index in [2.05, 4.69) is 33.2 Å². The molecule has 1 fully saturated rings. The van der Waals surface area contributed by atoms with Crippen LogP contribution in [0.15, 0.2) is 23.9 Å². The summed E-state index contributed by atoms with van der Waals surface area (Å²) in [5.74, 6) is 1.21. The lowest BCUT2D eigenvalue weighted by atomic mass is 9.95. The minimum absolute atomic E-state index is 0.0187. The van der Waals surface area contributed by atoms with Crippen LogP contribution in [0.2, 0.25) is 0 Å². The van der Waals surface area contributed by atoms with Gasteiger partial charge in [0.1, 0.15) is 0 Å². The molecule has 1 atom stereocenters. The van der Waals surface area contributed by atoms with Gasteiger partial charge in [0, 0.05) is 44.5 Å². The van der Waals surface area contributed by atoms with Gasteiger partial charge in [-0.25, -0.2) is 9.78 Å². The highest BCUT2D eigenvalue weighted by atomic mass is 16.5. The molecule has 1 aromatic rings. The molecule has 2 heterocycles. The number of rotatable bonds is 4. The van der Waals surface area contributed by atoms with Crippen molar-refractivity contribution in [1.29, 1.82) is 0 Å². The molecule has 1 aliphatic carbocycles. The second-order valence-electron chi connectivity index (χ2n) is 6.57. The molecule has 1 aromatic heterocycles. The van der Waals surface area contributed by atoms with E-state index in [9.17, 15) is 4.79 Å². The standard InChI is InChI=1S/C18H27N5O2/c1-14(15-6-4-3-5-7-15)20-18(24)23-12-10-22(11-13-23)17-19-9-8-16(21-17)25-2/h6,8-9,14H,3-5,7,10-13H2,1-2H3,(H,20,24). The van der Waals surface area contributed by atoms with Crippen LogP contribution in [0.5, 0.6) is 5.88 Å². The van der Waals surface area contributed by atoms with Crippen molar-refractivity contribution < 1.29 is 9.53 Å². The fourth-order valence-corrected chi connectivity index (χ4v) is 3.33. The molecular formula is C18H27N5O2. The van der Waals surface area contributed by atoms with Gasteiger partial charge >= 0.3 is 6.03 Å². The summed E-state index contributed by atoms with van der Waals surface area (Å²) in [6.07, 6.45) is 8.70. The van der Waals surface area contributed by atoms with E-state index in [1.54, 1.807) is 19.4 Å². The number of ether oxygens (including phenoxy) is 1. The number of anilines is 1. The molecule has 136 valence electrons. The Kier molecular flexibility index (Phi) is 5.73. The van der Waals surface area contributed by atoms with E-state index in [0.717, 1.165) is 25.9 Å². The Hall–Kier alpha value is -2.31. The van der Waals surface area contributed by atoms with E-state index < -0.39 is 0 Å². The summed E-state index contributed by atoms with van der Waals surface area (Å²) in [7, 11) is 1.59. The van der Waals surface area contributed by atoms with E-state index in [4.69, 9.17) is 4.74 Å². The highest BCUT2D eigenvalue weighted by Gasteiger charge is 2.24. The summed E-state index contributed by atoms with van der Waals surface area (Å²) >= 11 is 0. The lowest BCUT2D eigenvalue weighted by Crippen LogP contribution is -2.53. The quantitative estimate of drug-likeness (QED) is 0.847. The lowest BCUT2D eigenvalue weighted by molar-refractivity contribution is 0.192. The number of urea groups is 1. The smallest absolute Gasteiger partial charge is 0.317 e. The average Bonchev–Trinajstić information content (AvgIpc) is 2.68. The zero-order chi connectivity index (χ0) is 17.6. The van der Waals surface area contributed by atoms with Gasteiger partial charge in [-0.2, -0.15) is 4.98 Å². The minimum atomic E-state index is 0.0187. The van der Waals surface area contributed by atoms with Gasteiger partial charge in [-0.05, 0) is 32.6 Å². The molecule has 0 spiro atoms. The predicted octanol–water partition coefficient (Wildman–Crippen LogP) is 2.21. The number of carbonyl (C=O) groups excluding carboxylic acids is 1. The van der Waals surface area contributed by atoms with Crippen LogP contribution in [0.3, 0.4) is 0 Å². The molecule has 1 saturated heterocycles. The Labute approximate surface area is 149 Å². The predicted molar refractivity (Wildman–Crippen MR) is 96.9 cm³/mol. The Bertz CT molecular complexity index is 626. The topological polar surface area (TPSA) is 70.6 Å². The summed E-state index contributed by atoms with van der Waals surface area (Å²) in [6.45, 7) is 4.85. The van der Waals surface area contributed by atoms with Gasteiger partial charge in [0.2, 0.25) is 11.8 Å². The molecule has 7 heteroatoms. The fourth-order valence-electron chi connectivity index (χ4n) is 3.33. The molecule has 2 amide bonds.